The molecule has 1 aliphatic rings. The summed E-state index contributed by atoms with van der Waals surface area (Å²) >= 11 is 3.23. The third-order valence-electron chi connectivity index (χ3n) is 2.79. The van der Waals surface area contributed by atoms with Crippen molar-refractivity contribution in [3.8, 4) is 0 Å². The number of hydrogen-bond donors (Lipinski definition) is 0. The number of carbonyl (C=O) groups excluding carboxylic acids is 1. The van der Waals surface area contributed by atoms with Crippen LogP contribution in [0.2, 0.25) is 0 Å². The minimum atomic E-state index is -0.257. The molecule has 0 unspecified atom stereocenters. The molecule has 1 fully saturated rings. The normalized spacial score (nSPS) is 17.1. The molecule has 0 amide bonds. The van der Waals surface area contributed by atoms with E-state index in [1.165, 1.54) is 12.6 Å². The van der Waals surface area contributed by atoms with E-state index in [-0.39, 0.29) is 12.1 Å². The zero-order valence-corrected chi connectivity index (χ0v) is 10.6. The molecule has 0 bridgehead atoms. The number of pyridine rings is 1. The molecule has 16 heavy (non-hydrogen) atoms. The van der Waals surface area contributed by atoms with Gasteiger partial charge in [-0.15, -0.1) is 0 Å². The first-order chi connectivity index (χ1) is 7.75. The maximum atomic E-state index is 11.7. The smallest absolute Gasteiger partial charge is 0.339 e. The maximum Gasteiger partial charge on any atom is 0.339 e. The van der Waals surface area contributed by atoms with E-state index in [0.29, 0.717) is 5.56 Å². The highest BCUT2D eigenvalue weighted by Gasteiger charge is 2.18. The van der Waals surface area contributed by atoms with Crippen LogP contribution in [0, 0.1) is 0 Å². The van der Waals surface area contributed by atoms with Crippen molar-refractivity contribution >= 4 is 21.9 Å². The van der Waals surface area contributed by atoms with Gasteiger partial charge in [0, 0.05) is 6.20 Å². The van der Waals surface area contributed by atoms with Crippen LogP contribution in [0.4, 0.5) is 0 Å². The first-order valence-electron chi connectivity index (χ1n) is 5.58. The van der Waals surface area contributed by atoms with Crippen molar-refractivity contribution in [3.63, 3.8) is 0 Å². The highest BCUT2D eigenvalue weighted by molar-refractivity contribution is 9.10. The molecule has 1 aromatic rings. The van der Waals surface area contributed by atoms with E-state index in [1.807, 2.05) is 0 Å². The van der Waals surface area contributed by atoms with Crippen molar-refractivity contribution < 1.29 is 9.53 Å². The van der Waals surface area contributed by atoms with Crippen molar-refractivity contribution in [1.82, 2.24) is 4.98 Å². The van der Waals surface area contributed by atoms with E-state index >= 15 is 0 Å². The molecule has 0 N–H and O–H groups in total. The third kappa shape index (κ3) is 3.04. The summed E-state index contributed by atoms with van der Waals surface area (Å²) in [5, 5.41) is 0. The first-order valence-corrected chi connectivity index (χ1v) is 6.37. The molecule has 0 saturated heterocycles. The average Bonchev–Trinajstić information content (AvgIpc) is 2.31. The van der Waals surface area contributed by atoms with Crippen LogP contribution in [0.25, 0.3) is 0 Å². The van der Waals surface area contributed by atoms with Crippen LogP contribution in [0.15, 0.2) is 22.9 Å². The van der Waals surface area contributed by atoms with Gasteiger partial charge in [0.05, 0.1) is 5.56 Å². The fourth-order valence-corrected chi connectivity index (χ4v) is 2.13. The van der Waals surface area contributed by atoms with Crippen molar-refractivity contribution in [2.45, 2.75) is 38.2 Å². The van der Waals surface area contributed by atoms with Crippen LogP contribution >= 0.6 is 15.9 Å². The van der Waals surface area contributed by atoms with Gasteiger partial charge >= 0.3 is 5.97 Å². The Balaban J connectivity index is 1.94. The topological polar surface area (TPSA) is 39.2 Å². The number of esters is 1. The number of rotatable bonds is 2. The van der Waals surface area contributed by atoms with Crippen LogP contribution in [-0.4, -0.2) is 17.1 Å². The number of halogens is 1. The fourth-order valence-electron chi connectivity index (χ4n) is 1.90. The summed E-state index contributed by atoms with van der Waals surface area (Å²) in [6, 6.07) is 3.47. The van der Waals surface area contributed by atoms with E-state index < -0.39 is 0 Å². The largest absolute Gasteiger partial charge is 0.459 e. The molecule has 86 valence electrons. The number of carbonyl (C=O) groups is 1. The predicted molar refractivity (Wildman–Crippen MR) is 64.2 cm³/mol. The third-order valence-corrected chi connectivity index (χ3v) is 3.26. The van der Waals surface area contributed by atoms with E-state index in [2.05, 4.69) is 20.9 Å². The molecule has 0 atom stereocenters. The SMILES string of the molecule is O=C(OC1CCCCC1)c1ccc(Br)nc1. The Morgan fingerprint density at radius 2 is 2.06 bits per heavy atom. The van der Waals surface area contributed by atoms with Gasteiger partial charge < -0.3 is 4.74 Å². The molecule has 0 spiro atoms. The lowest BCUT2D eigenvalue weighted by molar-refractivity contribution is 0.0210. The molecular weight excluding hydrogens is 270 g/mol. The maximum absolute atomic E-state index is 11.7. The molecular formula is C12H14BrNO2. The molecule has 0 aliphatic heterocycles. The number of ether oxygens (including phenoxy) is 1. The van der Waals surface area contributed by atoms with Gasteiger partial charge in [-0.25, -0.2) is 9.78 Å². The van der Waals surface area contributed by atoms with Gasteiger partial charge in [0.15, 0.2) is 0 Å². The van der Waals surface area contributed by atoms with E-state index in [9.17, 15) is 4.79 Å². The summed E-state index contributed by atoms with van der Waals surface area (Å²) in [6.45, 7) is 0. The summed E-state index contributed by atoms with van der Waals surface area (Å²) in [4.78, 5) is 15.8. The zero-order valence-electron chi connectivity index (χ0n) is 8.99. The summed E-state index contributed by atoms with van der Waals surface area (Å²) in [5.41, 5.74) is 0.522. The predicted octanol–water partition coefficient (Wildman–Crippen LogP) is 3.33. The van der Waals surface area contributed by atoms with E-state index in [4.69, 9.17) is 4.74 Å². The molecule has 1 saturated carbocycles. The summed E-state index contributed by atoms with van der Waals surface area (Å²) in [7, 11) is 0. The van der Waals surface area contributed by atoms with Crippen LogP contribution in [-0.2, 0) is 4.74 Å². The zero-order chi connectivity index (χ0) is 11.4. The second-order valence-electron chi connectivity index (χ2n) is 4.03. The van der Waals surface area contributed by atoms with Crippen LogP contribution in [0.1, 0.15) is 42.5 Å². The van der Waals surface area contributed by atoms with Crippen LogP contribution in [0.3, 0.4) is 0 Å². The van der Waals surface area contributed by atoms with Gasteiger partial charge in [-0.05, 0) is 53.7 Å². The van der Waals surface area contributed by atoms with E-state index in [0.717, 1.165) is 30.3 Å². The Bertz CT molecular complexity index is 358. The molecule has 0 radical (unpaired) electrons. The number of hydrogen-bond acceptors (Lipinski definition) is 3. The molecule has 1 aliphatic carbocycles. The number of aromatic nitrogens is 1. The summed E-state index contributed by atoms with van der Waals surface area (Å²) < 4.78 is 6.15. The van der Waals surface area contributed by atoms with Crippen molar-refractivity contribution in [3.05, 3.63) is 28.5 Å². The Hall–Kier alpha value is -0.900. The lowest BCUT2D eigenvalue weighted by atomic mass is 9.98. The second-order valence-corrected chi connectivity index (χ2v) is 4.85. The Kier molecular flexibility index (Phi) is 3.93. The minimum Gasteiger partial charge on any atom is -0.459 e. The molecule has 1 aromatic heterocycles. The van der Waals surface area contributed by atoms with Crippen molar-refractivity contribution in [1.29, 1.82) is 0 Å². The average molecular weight is 284 g/mol. The van der Waals surface area contributed by atoms with E-state index in [1.54, 1.807) is 12.1 Å². The molecule has 0 aromatic carbocycles. The van der Waals surface area contributed by atoms with Crippen molar-refractivity contribution in [2.24, 2.45) is 0 Å². The van der Waals surface area contributed by atoms with Gasteiger partial charge in [0.25, 0.3) is 0 Å². The Labute approximate surface area is 103 Å². The minimum absolute atomic E-state index is 0.102. The molecule has 4 heteroatoms. The summed E-state index contributed by atoms with van der Waals surface area (Å²) in [5.74, 6) is -0.257. The van der Waals surface area contributed by atoms with Gasteiger partial charge in [0.2, 0.25) is 0 Å². The Morgan fingerprint density at radius 3 is 2.69 bits per heavy atom. The van der Waals surface area contributed by atoms with Crippen LogP contribution in [0.5, 0.6) is 0 Å². The molecule has 3 nitrogen and oxygen atoms in total. The first kappa shape index (κ1) is 11.6. The lowest BCUT2D eigenvalue weighted by Crippen LogP contribution is -2.20. The molecule has 1 heterocycles. The van der Waals surface area contributed by atoms with Crippen molar-refractivity contribution in [2.75, 3.05) is 0 Å². The quantitative estimate of drug-likeness (QED) is 0.617. The van der Waals surface area contributed by atoms with Gasteiger partial charge in [-0.1, -0.05) is 6.42 Å². The van der Waals surface area contributed by atoms with Gasteiger partial charge in [0.1, 0.15) is 10.7 Å². The second kappa shape index (κ2) is 5.43. The summed E-state index contributed by atoms with van der Waals surface area (Å²) in [6.07, 6.45) is 7.21. The molecule has 2 rings (SSSR count). The standard InChI is InChI=1S/C12H14BrNO2/c13-11-7-6-9(8-14-11)12(15)16-10-4-2-1-3-5-10/h6-8,10H,1-5H2. The highest BCUT2D eigenvalue weighted by Crippen LogP contribution is 2.21. The van der Waals surface area contributed by atoms with Crippen LogP contribution < -0.4 is 0 Å². The van der Waals surface area contributed by atoms with Gasteiger partial charge in [-0.2, -0.15) is 0 Å². The van der Waals surface area contributed by atoms with Gasteiger partial charge in [-0.3, -0.25) is 0 Å². The number of nitrogens with zero attached hydrogens (tertiary/aromatic N) is 1. The fraction of sp³-hybridized carbons (Fsp3) is 0.500. The monoisotopic (exact) mass is 283 g/mol. The highest BCUT2D eigenvalue weighted by atomic mass is 79.9. The Morgan fingerprint density at radius 1 is 1.31 bits per heavy atom. The lowest BCUT2D eigenvalue weighted by Gasteiger charge is -2.21.